The SMILES string of the molecule is C=C[C@H]1NC(=O)O[C@H]1[C@H](OCc1ccccc1)[C@@H](O)CO. The van der Waals surface area contributed by atoms with Crippen molar-refractivity contribution in [3.8, 4) is 0 Å². The monoisotopic (exact) mass is 293 g/mol. The molecule has 1 aromatic carbocycles. The third-order valence-electron chi connectivity index (χ3n) is 3.31. The first kappa shape index (κ1) is 15.5. The van der Waals surface area contributed by atoms with Gasteiger partial charge < -0.3 is 25.0 Å². The van der Waals surface area contributed by atoms with Gasteiger partial charge in [-0.25, -0.2) is 4.79 Å². The van der Waals surface area contributed by atoms with Gasteiger partial charge in [0.2, 0.25) is 0 Å². The molecule has 4 atom stereocenters. The zero-order valence-electron chi connectivity index (χ0n) is 11.5. The third-order valence-corrected chi connectivity index (χ3v) is 3.31. The maximum absolute atomic E-state index is 11.3. The van der Waals surface area contributed by atoms with Gasteiger partial charge in [0.1, 0.15) is 12.2 Å². The second-order valence-electron chi connectivity index (χ2n) is 4.79. The molecule has 0 spiro atoms. The summed E-state index contributed by atoms with van der Waals surface area (Å²) in [6, 6.07) is 8.93. The molecular formula is C15H19NO5. The molecule has 3 N–H and O–H groups in total. The fraction of sp³-hybridized carbons (Fsp3) is 0.400. The van der Waals surface area contributed by atoms with Crippen LogP contribution in [0.15, 0.2) is 43.0 Å². The lowest BCUT2D eigenvalue weighted by atomic mass is 10.0. The van der Waals surface area contributed by atoms with Crippen molar-refractivity contribution in [2.24, 2.45) is 0 Å². The molecule has 0 bridgehead atoms. The lowest BCUT2D eigenvalue weighted by molar-refractivity contribution is -0.113. The summed E-state index contributed by atoms with van der Waals surface area (Å²) in [5.41, 5.74) is 0.917. The molecule has 6 nitrogen and oxygen atoms in total. The van der Waals surface area contributed by atoms with Gasteiger partial charge >= 0.3 is 6.09 Å². The van der Waals surface area contributed by atoms with Crippen LogP contribution in [0.3, 0.4) is 0 Å². The first-order valence-electron chi connectivity index (χ1n) is 6.70. The summed E-state index contributed by atoms with van der Waals surface area (Å²) in [6.45, 7) is 3.37. The van der Waals surface area contributed by atoms with E-state index in [9.17, 15) is 15.0 Å². The number of hydrogen-bond acceptors (Lipinski definition) is 5. The third kappa shape index (κ3) is 3.81. The Balaban J connectivity index is 2.07. The van der Waals surface area contributed by atoms with Crippen molar-refractivity contribution in [1.29, 1.82) is 0 Å². The normalized spacial score (nSPS) is 24.0. The van der Waals surface area contributed by atoms with Crippen molar-refractivity contribution in [2.75, 3.05) is 6.61 Å². The smallest absolute Gasteiger partial charge is 0.408 e. The highest BCUT2D eigenvalue weighted by atomic mass is 16.6. The Morgan fingerprint density at radius 2 is 2.14 bits per heavy atom. The van der Waals surface area contributed by atoms with Gasteiger partial charge in [0, 0.05) is 0 Å². The summed E-state index contributed by atoms with van der Waals surface area (Å²) in [4.78, 5) is 11.3. The minimum absolute atomic E-state index is 0.237. The Morgan fingerprint density at radius 1 is 1.43 bits per heavy atom. The highest BCUT2D eigenvalue weighted by Gasteiger charge is 2.42. The molecule has 1 heterocycles. The number of nitrogens with one attached hydrogen (secondary N) is 1. The number of rotatable bonds is 7. The van der Waals surface area contributed by atoms with Crippen LogP contribution in [0.25, 0.3) is 0 Å². The van der Waals surface area contributed by atoms with Crippen LogP contribution in [-0.4, -0.2) is 47.3 Å². The molecule has 1 amide bonds. The van der Waals surface area contributed by atoms with Crippen molar-refractivity contribution >= 4 is 6.09 Å². The van der Waals surface area contributed by atoms with Crippen molar-refractivity contribution in [3.63, 3.8) is 0 Å². The van der Waals surface area contributed by atoms with E-state index in [2.05, 4.69) is 11.9 Å². The van der Waals surface area contributed by atoms with Crippen LogP contribution in [0.5, 0.6) is 0 Å². The molecule has 0 unspecified atom stereocenters. The molecule has 1 aliphatic heterocycles. The second-order valence-corrected chi connectivity index (χ2v) is 4.79. The summed E-state index contributed by atoms with van der Waals surface area (Å²) >= 11 is 0. The molecule has 1 aromatic rings. The molecule has 6 heteroatoms. The van der Waals surface area contributed by atoms with E-state index in [-0.39, 0.29) is 6.61 Å². The van der Waals surface area contributed by atoms with Gasteiger partial charge in [-0.1, -0.05) is 36.4 Å². The van der Waals surface area contributed by atoms with Crippen LogP contribution >= 0.6 is 0 Å². The summed E-state index contributed by atoms with van der Waals surface area (Å²) < 4.78 is 10.8. The predicted octanol–water partition coefficient (Wildman–Crippen LogP) is 0.588. The Labute approximate surface area is 123 Å². The van der Waals surface area contributed by atoms with Crippen LogP contribution in [0.1, 0.15) is 5.56 Å². The van der Waals surface area contributed by atoms with Gasteiger partial charge in [0.05, 0.1) is 19.3 Å². The number of hydrogen-bond donors (Lipinski definition) is 3. The van der Waals surface area contributed by atoms with Crippen LogP contribution in [0.2, 0.25) is 0 Å². The number of aliphatic hydroxyl groups excluding tert-OH is 2. The van der Waals surface area contributed by atoms with Crippen LogP contribution < -0.4 is 5.32 Å². The molecule has 0 aromatic heterocycles. The Kier molecular flexibility index (Phi) is 5.32. The highest BCUT2D eigenvalue weighted by Crippen LogP contribution is 2.20. The molecular weight excluding hydrogens is 274 g/mol. The summed E-state index contributed by atoms with van der Waals surface area (Å²) in [5, 5.41) is 21.7. The Bertz CT molecular complexity index is 478. The number of aliphatic hydroxyl groups is 2. The van der Waals surface area contributed by atoms with Gasteiger partial charge in [-0.05, 0) is 5.56 Å². The molecule has 1 aliphatic rings. The summed E-state index contributed by atoms with van der Waals surface area (Å²) in [6.07, 6.45) is -1.83. The first-order valence-corrected chi connectivity index (χ1v) is 6.70. The standard InChI is InChI=1S/C15H19NO5/c1-2-11-13(21-15(19)16-11)14(12(18)8-17)20-9-10-6-4-3-5-7-10/h2-7,11-14,17-18H,1,8-9H2,(H,16,19)/t11-,12+,13-,14-/m1/s1. The number of alkyl carbamates (subject to hydrolysis) is 1. The van der Waals surface area contributed by atoms with Crippen molar-refractivity contribution < 1.29 is 24.5 Å². The average Bonchev–Trinajstić information content (AvgIpc) is 2.89. The molecule has 0 radical (unpaired) electrons. The average molecular weight is 293 g/mol. The molecule has 0 aliphatic carbocycles. The van der Waals surface area contributed by atoms with Gasteiger partial charge in [-0.15, -0.1) is 6.58 Å². The number of carbonyl (C=O) groups is 1. The topological polar surface area (TPSA) is 88.0 Å². The van der Waals surface area contributed by atoms with Crippen LogP contribution in [0, 0.1) is 0 Å². The van der Waals surface area contributed by atoms with E-state index < -0.39 is 37.1 Å². The molecule has 1 fully saturated rings. The van der Waals surface area contributed by atoms with E-state index in [1.165, 1.54) is 6.08 Å². The molecule has 2 rings (SSSR count). The predicted molar refractivity (Wildman–Crippen MR) is 75.5 cm³/mol. The van der Waals surface area contributed by atoms with E-state index in [1.54, 1.807) is 0 Å². The maximum atomic E-state index is 11.3. The lowest BCUT2D eigenvalue weighted by Gasteiger charge is -2.28. The fourth-order valence-electron chi connectivity index (χ4n) is 2.21. The van der Waals surface area contributed by atoms with Gasteiger partial charge in [-0.2, -0.15) is 0 Å². The Hall–Kier alpha value is -1.89. The van der Waals surface area contributed by atoms with Gasteiger partial charge in [0.25, 0.3) is 0 Å². The van der Waals surface area contributed by atoms with E-state index in [1.807, 2.05) is 30.3 Å². The second kappa shape index (κ2) is 7.21. The van der Waals surface area contributed by atoms with E-state index in [0.717, 1.165) is 5.56 Å². The van der Waals surface area contributed by atoms with Crippen molar-refractivity contribution in [2.45, 2.75) is 31.0 Å². The molecule has 21 heavy (non-hydrogen) atoms. The number of amides is 1. The Morgan fingerprint density at radius 3 is 2.76 bits per heavy atom. The van der Waals surface area contributed by atoms with Gasteiger partial charge in [-0.3, -0.25) is 0 Å². The lowest BCUT2D eigenvalue weighted by Crippen LogP contribution is -2.47. The number of benzene rings is 1. The van der Waals surface area contributed by atoms with Crippen molar-refractivity contribution in [1.82, 2.24) is 5.32 Å². The fourth-order valence-corrected chi connectivity index (χ4v) is 2.21. The zero-order valence-corrected chi connectivity index (χ0v) is 11.5. The first-order chi connectivity index (χ1) is 10.2. The minimum atomic E-state index is -1.16. The van der Waals surface area contributed by atoms with Crippen LogP contribution in [-0.2, 0) is 16.1 Å². The summed E-state index contributed by atoms with van der Waals surface area (Å²) in [7, 11) is 0. The van der Waals surface area contributed by atoms with Crippen LogP contribution in [0.4, 0.5) is 4.79 Å². The van der Waals surface area contributed by atoms with Crippen molar-refractivity contribution in [3.05, 3.63) is 48.6 Å². The maximum Gasteiger partial charge on any atom is 0.408 e. The van der Waals surface area contributed by atoms with E-state index in [4.69, 9.17) is 9.47 Å². The van der Waals surface area contributed by atoms with E-state index in [0.29, 0.717) is 0 Å². The minimum Gasteiger partial charge on any atom is -0.441 e. The highest BCUT2D eigenvalue weighted by molar-refractivity contribution is 5.70. The quantitative estimate of drug-likeness (QED) is 0.640. The molecule has 0 saturated carbocycles. The number of carbonyl (C=O) groups excluding carboxylic acids is 1. The molecule has 1 saturated heterocycles. The van der Waals surface area contributed by atoms with Gasteiger partial charge in [0.15, 0.2) is 6.10 Å². The summed E-state index contributed by atoms with van der Waals surface area (Å²) in [5.74, 6) is 0. The number of ether oxygens (including phenoxy) is 2. The zero-order chi connectivity index (χ0) is 15.2. The molecule has 114 valence electrons. The van der Waals surface area contributed by atoms with E-state index >= 15 is 0 Å². The largest absolute Gasteiger partial charge is 0.441 e. The number of cyclic esters (lactones) is 1.